The van der Waals surface area contributed by atoms with Crippen LogP contribution in [0, 0.1) is 0 Å². The van der Waals surface area contributed by atoms with Crippen molar-refractivity contribution in [3.8, 4) is 0 Å². The van der Waals surface area contributed by atoms with Crippen LogP contribution < -0.4 is 10.0 Å². The Hall–Kier alpha value is -1.55. The number of carbonyl (C=O) groups is 1. The average Bonchev–Trinajstić information content (AvgIpc) is 2.93. The van der Waals surface area contributed by atoms with Gasteiger partial charge in [0.1, 0.15) is 24.4 Å². The topological polar surface area (TPSA) is 146 Å². The molecule has 0 radical (unpaired) electrons. The summed E-state index contributed by atoms with van der Waals surface area (Å²) in [5.41, 5.74) is 1.50. The molecule has 1 aromatic rings. The minimum absolute atomic E-state index is 0.863. The fraction of sp³-hybridized carbons (Fsp3) is 0.774. The van der Waals surface area contributed by atoms with Crippen LogP contribution in [0.4, 0.5) is 0 Å². The molecule has 8 nitrogen and oxygen atoms in total. The number of carboxylic acids is 1. The number of hydrogen-bond donors (Lipinski definition) is 6. The SMILES string of the molecule is C[NH+](C)CCCCCCCCCCCCCCCCCc1ccccc1.O=C([O-])[C@H](O)[C@@H](O)[C@H](O)[C@H](O)CO. The van der Waals surface area contributed by atoms with Crippen LogP contribution >= 0.6 is 0 Å². The first-order valence-corrected chi connectivity index (χ1v) is 15.1. The van der Waals surface area contributed by atoms with Gasteiger partial charge in [-0.2, -0.15) is 0 Å². The van der Waals surface area contributed by atoms with Gasteiger partial charge in [0, 0.05) is 0 Å². The number of aryl methyl sites for hydroxylation is 1. The van der Waals surface area contributed by atoms with Crippen molar-refractivity contribution < 1.29 is 40.3 Å². The van der Waals surface area contributed by atoms with E-state index < -0.39 is 37.0 Å². The molecule has 0 unspecified atom stereocenters. The second kappa shape index (κ2) is 25.4. The van der Waals surface area contributed by atoms with Gasteiger partial charge in [-0.15, -0.1) is 0 Å². The van der Waals surface area contributed by atoms with Gasteiger partial charge in [0.25, 0.3) is 0 Å². The maximum absolute atomic E-state index is 9.98. The van der Waals surface area contributed by atoms with Crippen molar-refractivity contribution in [1.82, 2.24) is 0 Å². The Morgan fingerprint density at radius 3 is 1.49 bits per heavy atom. The molecule has 6 N–H and O–H groups in total. The predicted octanol–water partition coefficient (Wildman–Crippen LogP) is 1.40. The predicted molar refractivity (Wildman–Crippen MR) is 153 cm³/mol. The number of aliphatic carboxylic acids is 1. The lowest BCUT2D eigenvalue weighted by Crippen LogP contribution is -3.05. The van der Waals surface area contributed by atoms with Crippen LogP contribution in [0.1, 0.15) is 102 Å². The van der Waals surface area contributed by atoms with Crippen LogP contribution in [0.2, 0.25) is 0 Å². The Kier molecular flexibility index (Phi) is 24.4. The van der Waals surface area contributed by atoms with Crippen LogP contribution in [0.3, 0.4) is 0 Å². The van der Waals surface area contributed by atoms with E-state index in [0.29, 0.717) is 0 Å². The van der Waals surface area contributed by atoms with Crippen LogP contribution in [-0.2, 0) is 11.2 Å². The highest BCUT2D eigenvalue weighted by molar-refractivity contribution is 5.70. The molecule has 228 valence electrons. The zero-order chi connectivity index (χ0) is 29.3. The molecule has 0 saturated carbocycles. The van der Waals surface area contributed by atoms with E-state index in [1.54, 1.807) is 4.90 Å². The molecule has 0 heterocycles. The number of carboxylic acid groups (broad SMARTS) is 1. The van der Waals surface area contributed by atoms with Gasteiger partial charge in [0.15, 0.2) is 0 Å². The molecule has 0 bridgehead atoms. The van der Waals surface area contributed by atoms with Crippen molar-refractivity contribution in [1.29, 1.82) is 0 Å². The number of aliphatic hydroxyl groups excluding tert-OH is 5. The molecule has 1 rings (SSSR count). The maximum Gasteiger partial charge on any atom is 0.122 e. The van der Waals surface area contributed by atoms with Crippen molar-refractivity contribution in [2.75, 3.05) is 27.2 Å². The molecule has 1 aromatic carbocycles. The second-order valence-corrected chi connectivity index (χ2v) is 11.0. The van der Waals surface area contributed by atoms with Gasteiger partial charge in [0.2, 0.25) is 0 Å². The molecule has 0 aliphatic heterocycles. The van der Waals surface area contributed by atoms with E-state index in [9.17, 15) is 9.90 Å². The summed E-state index contributed by atoms with van der Waals surface area (Å²) in [6.07, 6.45) is 14.9. The molecular formula is C31H57NO7. The Bertz CT molecular complexity index is 674. The standard InChI is InChI=1S/C25H45N.C6H12O7/c1-26(2)24-20-15-13-11-9-7-5-3-4-6-8-10-12-14-17-21-25-22-18-16-19-23-25;7-1-2(8)3(9)4(10)5(11)6(12)13/h16,18-19,22-23H,3-15,17,20-21,24H2,1-2H3;2-5,7-11H,1H2,(H,12,13)/t;2-,3-,4+,5-/m.1/s1. The minimum atomic E-state index is -2.31. The molecule has 0 fully saturated rings. The van der Waals surface area contributed by atoms with E-state index in [0.717, 1.165) is 0 Å². The van der Waals surface area contributed by atoms with E-state index in [-0.39, 0.29) is 0 Å². The normalized spacial score (nSPS) is 14.4. The van der Waals surface area contributed by atoms with Crippen molar-refractivity contribution in [2.24, 2.45) is 0 Å². The lowest BCUT2D eigenvalue weighted by molar-refractivity contribution is -0.858. The summed E-state index contributed by atoms with van der Waals surface area (Å²) in [5, 5.41) is 53.4. The molecule has 4 atom stereocenters. The summed E-state index contributed by atoms with van der Waals surface area (Å²) in [7, 11) is 4.51. The van der Waals surface area contributed by atoms with Crippen LogP contribution in [0.25, 0.3) is 0 Å². The van der Waals surface area contributed by atoms with Crippen molar-refractivity contribution in [2.45, 2.75) is 127 Å². The number of aliphatic hydroxyl groups is 5. The Morgan fingerprint density at radius 1 is 0.692 bits per heavy atom. The quantitative estimate of drug-likeness (QED) is 0.112. The zero-order valence-electron chi connectivity index (χ0n) is 24.5. The van der Waals surface area contributed by atoms with Gasteiger partial charge < -0.3 is 40.3 Å². The highest BCUT2D eigenvalue weighted by Crippen LogP contribution is 2.14. The van der Waals surface area contributed by atoms with Crippen molar-refractivity contribution in [3.05, 3.63) is 35.9 Å². The molecule has 39 heavy (non-hydrogen) atoms. The van der Waals surface area contributed by atoms with Crippen LogP contribution in [0.15, 0.2) is 30.3 Å². The molecule has 0 aromatic heterocycles. The molecule has 0 amide bonds. The molecule has 0 spiro atoms. The summed E-state index contributed by atoms with van der Waals surface area (Å²) in [6.45, 7) is 0.477. The van der Waals surface area contributed by atoms with Crippen molar-refractivity contribution >= 4 is 5.97 Å². The van der Waals surface area contributed by atoms with Crippen molar-refractivity contribution in [3.63, 3.8) is 0 Å². The first-order valence-electron chi connectivity index (χ1n) is 15.1. The molecule has 0 aliphatic rings. The molecule has 0 aliphatic carbocycles. The first-order chi connectivity index (χ1) is 18.7. The lowest BCUT2D eigenvalue weighted by Gasteiger charge is -2.25. The fourth-order valence-electron chi connectivity index (χ4n) is 4.41. The van der Waals surface area contributed by atoms with E-state index in [1.165, 1.54) is 115 Å². The maximum atomic E-state index is 9.98. The fourth-order valence-corrected chi connectivity index (χ4v) is 4.41. The third kappa shape index (κ3) is 21.9. The Labute approximate surface area is 236 Å². The second-order valence-electron chi connectivity index (χ2n) is 11.0. The molecule has 8 heteroatoms. The Morgan fingerprint density at radius 2 is 1.10 bits per heavy atom. The monoisotopic (exact) mass is 555 g/mol. The van der Waals surface area contributed by atoms with E-state index in [4.69, 9.17) is 25.5 Å². The third-order valence-corrected chi connectivity index (χ3v) is 6.98. The largest absolute Gasteiger partial charge is 0.547 e. The zero-order valence-corrected chi connectivity index (χ0v) is 24.5. The van der Waals surface area contributed by atoms with Crippen LogP contribution in [-0.4, -0.2) is 83.2 Å². The van der Waals surface area contributed by atoms with Gasteiger partial charge in [0.05, 0.1) is 33.2 Å². The number of benzene rings is 1. The van der Waals surface area contributed by atoms with Gasteiger partial charge >= 0.3 is 0 Å². The molecular weight excluding hydrogens is 498 g/mol. The summed E-state index contributed by atoms with van der Waals surface area (Å²) in [4.78, 5) is 11.6. The van der Waals surface area contributed by atoms with Gasteiger partial charge in [-0.25, -0.2) is 0 Å². The van der Waals surface area contributed by atoms with Crippen LogP contribution in [0.5, 0.6) is 0 Å². The minimum Gasteiger partial charge on any atom is -0.547 e. The van der Waals surface area contributed by atoms with E-state index in [1.807, 2.05) is 0 Å². The highest BCUT2D eigenvalue weighted by atomic mass is 16.4. The number of nitrogens with one attached hydrogen (secondary N) is 1. The van der Waals surface area contributed by atoms with E-state index >= 15 is 0 Å². The van der Waals surface area contributed by atoms with Gasteiger partial charge in [-0.05, 0) is 31.2 Å². The third-order valence-electron chi connectivity index (χ3n) is 6.98. The Balaban J connectivity index is 0.000000935. The summed E-state index contributed by atoms with van der Waals surface area (Å²) in [6, 6.07) is 10.9. The summed E-state index contributed by atoms with van der Waals surface area (Å²) >= 11 is 0. The lowest BCUT2D eigenvalue weighted by atomic mass is 10.0. The number of rotatable bonds is 23. The highest BCUT2D eigenvalue weighted by Gasteiger charge is 2.30. The smallest absolute Gasteiger partial charge is 0.122 e. The summed E-state index contributed by atoms with van der Waals surface area (Å²) in [5.74, 6) is -1.98. The summed E-state index contributed by atoms with van der Waals surface area (Å²) < 4.78 is 0. The number of quaternary nitrogens is 1. The number of hydrogen-bond acceptors (Lipinski definition) is 7. The van der Waals surface area contributed by atoms with Gasteiger partial charge in [-0.3, -0.25) is 0 Å². The van der Waals surface area contributed by atoms with E-state index in [2.05, 4.69) is 44.4 Å². The number of unbranched alkanes of at least 4 members (excludes halogenated alkanes) is 14. The molecule has 0 saturated heterocycles. The van der Waals surface area contributed by atoms with Gasteiger partial charge in [-0.1, -0.05) is 107 Å². The average molecular weight is 556 g/mol. The number of carbonyl (C=O) groups excluding carboxylic acids is 1. The first kappa shape index (κ1) is 37.5.